The summed E-state index contributed by atoms with van der Waals surface area (Å²) in [6, 6.07) is 14.0. The molecule has 3 heterocycles. The van der Waals surface area contributed by atoms with Crippen molar-refractivity contribution in [2.24, 2.45) is 11.1 Å². The molecule has 28 heavy (non-hydrogen) atoms. The van der Waals surface area contributed by atoms with Gasteiger partial charge in [-0.2, -0.15) is 0 Å². The number of nitrogens with zero attached hydrogens (tertiary/aromatic N) is 3. The van der Waals surface area contributed by atoms with E-state index in [1.807, 2.05) is 64.2 Å². The van der Waals surface area contributed by atoms with Crippen LogP contribution < -0.4 is 5.73 Å². The van der Waals surface area contributed by atoms with Gasteiger partial charge in [0.05, 0.1) is 11.3 Å². The SMILES string of the molecule is CC1(C)CN(C(=O)c2ccccc2SCc2cn3ccccc3n2)CCC1N. The molecule has 1 unspecified atom stereocenters. The van der Waals surface area contributed by atoms with Gasteiger partial charge in [0.25, 0.3) is 5.91 Å². The van der Waals surface area contributed by atoms with Gasteiger partial charge in [-0.25, -0.2) is 4.98 Å². The fraction of sp³-hybridized carbons (Fsp3) is 0.364. The Bertz CT molecular complexity index is 964. The predicted molar refractivity (Wildman–Crippen MR) is 113 cm³/mol. The number of rotatable bonds is 4. The Morgan fingerprint density at radius 2 is 2.04 bits per heavy atom. The van der Waals surface area contributed by atoms with E-state index < -0.39 is 0 Å². The number of thioether (sulfide) groups is 1. The number of nitrogens with two attached hydrogens (primary N) is 1. The minimum Gasteiger partial charge on any atom is -0.338 e. The Morgan fingerprint density at radius 1 is 1.25 bits per heavy atom. The number of carbonyl (C=O) groups excluding carboxylic acids is 1. The molecule has 1 aromatic carbocycles. The normalized spacial score (nSPS) is 19.1. The first-order valence-electron chi connectivity index (χ1n) is 9.63. The maximum atomic E-state index is 13.2. The van der Waals surface area contributed by atoms with Gasteiger partial charge in [0.1, 0.15) is 5.65 Å². The van der Waals surface area contributed by atoms with Gasteiger partial charge in [-0.05, 0) is 36.1 Å². The Kier molecular flexibility index (Phi) is 5.17. The van der Waals surface area contributed by atoms with Gasteiger partial charge in [-0.1, -0.05) is 32.0 Å². The highest BCUT2D eigenvalue weighted by Crippen LogP contribution is 2.31. The molecule has 3 aromatic rings. The maximum absolute atomic E-state index is 13.2. The van der Waals surface area contributed by atoms with Gasteiger partial charge < -0.3 is 15.0 Å². The number of imidazole rings is 1. The van der Waals surface area contributed by atoms with Crippen LogP contribution in [0.15, 0.2) is 59.8 Å². The average molecular weight is 395 g/mol. The van der Waals surface area contributed by atoms with E-state index >= 15 is 0 Å². The summed E-state index contributed by atoms with van der Waals surface area (Å²) in [5.41, 5.74) is 8.88. The molecule has 5 nitrogen and oxygen atoms in total. The van der Waals surface area contributed by atoms with Crippen molar-refractivity contribution in [3.8, 4) is 0 Å². The van der Waals surface area contributed by atoms with Crippen molar-refractivity contribution in [1.29, 1.82) is 0 Å². The molecule has 1 fully saturated rings. The molecular formula is C22H26N4OS. The van der Waals surface area contributed by atoms with Crippen LogP contribution >= 0.6 is 11.8 Å². The third kappa shape index (κ3) is 3.80. The molecule has 0 spiro atoms. The first-order valence-corrected chi connectivity index (χ1v) is 10.6. The second-order valence-electron chi connectivity index (χ2n) is 8.09. The topological polar surface area (TPSA) is 63.6 Å². The molecule has 0 radical (unpaired) electrons. The van der Waals surface area contributed by atoms with Gasteiger partial charge in [0.2, 0.25) is 0 Å². The van der Waals surface area contributed by atoms with Gasteiger partial charge in [0.15, 0.2) is 0 Å². The van der Waals surface area contributed by atoms with E-state index in [0.29, 0.717) is 6.54 Å². The quantitative estimate of drug-likeness (QED) is 0.683. The molecule has 1 aliphatic heterocycles. The molecule has 0 bridgehead atoms. The second kappa shape index (κ2) is 7.60. The Hall–Kier alpha value is -2.31. The summed E-state index contributed by atoms with van der Waals surface area (Å²) < 4.78 is 2.02. The summed E-state index contributed by atoms with van der Waals surface area (Å²) in [6.45, 7) is 5.69. The summed E-state index contributed by atoms with van der Waals surface area (Å²) in [7, 11) is 0. The van der Waals surface area contributed by atoms with Crippen LogP contribution in [0, 0.1) is 5.41 Å². The third-order valence-electron chi connectivity index (χ3n) is 5.51. The molecule has 6 heteroatoms. The number of pyridine rings is 1. The van der Waals surface area contributed by atoms with Crippen LogP contribution in [0.5, 0.6) is 0 Å². The molecule has 1 saturated heterocycles. The zero-order chi connectivity index (χ0) is 19.7. The molecule has 0 aliphatic carbocycles. The lowest BCUT2D eigenvalue weighted by Crippen LogP contribution is -2.54. The van der Waals surface area contributed by atoms with Crippen molar-refractivity contribution in [3.05, 3.63) is 66.1 Å². The van der Waals surface area contributed by atoms with Gasteiger partial charge in [-0.15, -0.1) is 11.8 Å². The first kappa shape index (κ1) is 19.0. The van der Waals surface area contributed by atoms with Crippen LogP contribution in [0.3, 0.4) is 0 Å². The summed E-state index contributed by atoms with van der Waals surface area (Å²) in [4.78, 5) is 20.8. The lowest BCUT2D eigenvalue weighted by molar-refractivity contribution is 0.0529. The van der Waals surface area contributed by atoms with Crippen molar-refractivity contribution < 1.29 is 4.79 Å². The summed E-state index contributed by atoms with van der Waals surface area (Å²) in [5, 5.41) is 0. The van der Waals surface area contributed by atoms with Crippen molar-refractivity contribution in [2.75, 3.05) is 13.1 Å². The van der Waals surface area contributed by atoms with Crippen LogP contribution in [0.1, 0.15) is 36.3 Å². The van der Waals surface area contributed by atoms with Crippen molar-refractivity contribution in [1.82, 2.24) is 14.3 Å². The number of likely N-dealkylation sites (tertiary alicyclic amines) is 1. The van der Waals surface area contributed by atoms with E-state index in [-0.39, 0.29) is 17.4 Å². The van der Waals surface area contributed by atoms with E-state index in [2.05, 4.69) is 18.8 Å². The van der Waals surface area contributed by atoms with Crippen LogP contribution in [-0.2, 0) is 5.75 Å². The van der Waals surface area contributed by atoms with Crippen molar-refractivity contribution >= 4 is 23.3 Å². The molecule has 146 valence electrons. The zero-order valence-corrected chi connectivity index (χ0v) is 17.2. The molecule has 1 atom stereocenters. The molecule has 1 aliphatic rings. The van der Waals surface area contributed by atoms with Gasteiger partial charge >= 0.3 is 0 Å². The monoisotopic (exact) mass is 394 g/mol. The van der Waals surface area contributed by atoms with E-state index in [9.17, 15) is 4.79 Å². The van der Waals surface area contributed by atoms with E-state index in [4.69, 9.17) is 5.73 Å². The lowest BCUT2D eigenvalue weighted by atomic mass is 9.79. The largest absolute Gasteiger partial charge is 0.338 e. The number of carbonyl (C=O) groups is 1. The third-order valence-corrected chi connectivity index (χ3v) is 6.61. The number of hydrogen-bond donors (Lipinski definition) is 1. The molecule has 4 rings (SSSR count). The van der Waals surface area contributed by atoms with E-state index in [0.717, 1.165) is 40.5 Å². The van der Waals surface area contributed by atoms with Gasteiger partial charge in [-0.3, -0.25) is 4.79 Å². The van der Waals surface area contributed by atoms with Crippen LogP contribution in [0.2, 0.25) is 0 Å². The maximum Gasteiger partial charge on any atom is 0.255 e. The highest BCUT2D eigenvalue weighted by molar-refractivity contribution is 7.98. The standard InChI is InChI=1S/C22H26N4OS/c1-22(2)15-26(12-10-19(22)23)21(27)17-7-3-4-8-18(17)28-14-16-13-25-11-6-5-9-20(25)24-16/h3-9,11,13,19H,10,12,14-15,23H2,1-2H3. The number of hydrogen-bond acceptors (Lipinski definition) is 4. The highest BCUT2D eigenvalue weighted by atomic mass is 32.2. The molecule has 2 aromatic heterocycles. The van der Waals surface area contributed by atoms with Crippen LogP contribution in [0.4, 0.5) is 0 Å². The van der Waals surface area contributed by atoms with Gasteiger partial charge in [0, 0.05) is 42.2 Å². The Labute approximate surface area is 169 Å². The molecular weight excluding hydrogens is 368 g/mol. The lowest BCUT2D eigenvalue weighted by Gasteiger charge is -2.42. The van der Waals surface area contributed by atoms with Crippen molar-refractivity contribution in [2.45, 2.75) is 37.0 Å². The fourth-order valence-corrected chi connectivity index (χ4v) is 4.62. The highest BCUT2D eigenvalue weighted by Gasteiger charge is 2.36. The minimum absolute atomic E-state index is 0.0630. The van der Waals surface area contributed by atoms with E-state index in [1.165, 1.54) is 0 Å². The second-order valence-corrected chi connectivity index (χ2v) is 9.11. The average Bonchev–Trinajstić information content (AvgIpc) is 3.11. The zero-order valence-electron chi connectivity index (χ0n) is 16.3. The predicted octanol–water partition coefficient (Wildman–Crippen LogP) is 3.83. The number of benzene rings is 1. The fourth-order valence-electron chi connectivity index (χ4n) is 3.70. The molecule has 1 amide bonds. The number of aromatic nitrogens is 2. The summed E-state index contributed by atoms with van der Waals surface area (Å²) >= 11 is 1.66. The van der Waals surface area contributed by atoms with Crippen LogP contribution in [0.25, 0.3) is 5.65 Å². The number of piperidine rings is 1. The van der Waals surface area contributed by atoms with Crippen LogP contribution in [-0.4, -0.2) is 39.3 Å². The smallest absolute Gasteiger partial charge is 0.255 e. The minimum atomic E-state index is -0.0630. The molecule has 0 saturated carbocycles. The van der Waals surface area contributed by atoms with Crippen molar-refractivity contribution in [3.63, 3.8) is 0 Å². The van der Waals surface area contributed by atoms with E-state index in [1.54, 1.807) is 11.8 Å². The summed E-state index contributed by atoms with van der Waals surface area (Å²) in [6.07, 6.45) is 4.88. The Morgan fingerprint density at radius 3 is 2.82 bits per heavy atom. The number of amides is 1. The molecule has 2 N–H and O–H groups in total. The first-order chi connectivity index (χ1) is 13.4. The summed E-state index contributed by atoms with van der Waals surface area (Å²) in [5.74, 6) is 0.820. The number of fused-ring (bicyclic) bond motifs is 1. The Balaban J connectivity index is 1.51.